The summed E-state index contributed by atoms with van der Waals surface area (Å²) in [6.45, 7) is -3.03. The maximum Gasteiger partial charge on any atom is 0.387 e. The van der Waals surface area contributed by atoms with Gasteiger partial charge in [0.05, 0.1) is 19.9 Å². The lowest BCUT2D eigenvalue weighted by molar-refractivity contribution is -0.0526. The summed E-state index contributed by atoms with van der Waals surface area (Å²) in [5.74, 6) is -0.332. The monoisotopic (exact) mass is 400 g/mol. The predicted octanol–water partition coefficient (Wildman–Crippen LogP) is 4.39. The Bertz CT molecular complexity index is 992. The van der Waals surface area contributed by atoms with E-state index in [2.05, 4.69) is 9.84 Å². The van der Waals surface area contributed by atoms with Crippen LogP contribution in [-0.4, -0.2) is 36.4 Å². The number of para-hydroxylation sites is 1. The number of hydrogen-bond acceptors (Lipinski definition) is 5. The molecule has 0 spiro atoms. The molecule has 3 aromatic rings. The summed E-state index contributed by atoms with van der Waals surface area (Å²) in [5, 5.41) is 4.16. The lowest BCUT2D eigenvalue weighted by Gasteiger charge is -2.14. The SMILES string of the molecule is COc1cc(C=CC(=O)c2ccccc2-n2cccn2)cc(OC)c1OC(F)F. The summed E-state index contributed by atoms with van der Waals surface area (Å²) in [7, 11) is 2.65. The van der Waals surface area contributed by atoms with E-state index in [1.54, 1.807) is 47.4 Å². The number of rotatable bonds is 8. The normalized spacial score (nSPS) is 11.1. The van der Waals surface area contributed by atoms with E-state index in [1.165, 1.54) is 32.4 Å². The molecule has 0 aliphatic carbocycles. The Balaban J connectivity index is 1.92. The van der Waals surface area contributed by atoms with Gasteiger partial charge in [0, 0.05) is 18.0 Å². The van der Waals surface area contributed by atoms with Gasteiger partial charge in [-0.3, -0.25) is 4.79 Å². The molecule has 1 aromatic heterocycles. The second-order valence-electron chi connectivity index (χ2n) is 5.80. The summed E-state index contributed by atoms with van der Waals surface area (Å²) < 4.78 is 41.6. The van der Waals surface area contributed by atoms with E-state index in [1.807, 2.05) is 6.07 Å². The molecule has 0 aliphatic heterocycles. The Hall–Kier alpha value is -3.68. The number of ketones is 1. The zero-order valence-corrected chi connectivity index (χ0v) is 15.7. The standard InChI is InChI=1S/C21H18F2N2O4/c1-27-18-12-14(13-19(28-2)20(18)29-21(22)23)8-9-17(26)15-6-3-4-7-16(15)25-11-5-10-24-25/h3-13,21H,1-2H3. The number of ether oxygens (including phenoxy) is 3. The van der Waals surface area contributed by atoms with Crippen molar-refractivity contribution in [2.45, 2.75) is 6.61 Å². The zero-order valence-electron chi connectivity index (χ0n) is 15.7. The summed E-state index contributed by atoms with van der Waals surface area (Å²) in [6.07, 6.45) is 6.29. The van der Waals surface area contributed by atoms with E-state index < -0.39 is 6.61 Å². The first kappa shape index (κ1) is 20.1. The lowest BCUT2D eigenvalue weighted by Crippen LogP contribution is -2.05. The van der Waals surface area contributed by atoms with Crippen LogP contribution in [0, 0.1) is 0 Å². The molecule has 2 aromatic carbocycles. The molecule has 3 rings (SSSR count). The summed E-state index contributed by atoms with van der Waals surface area (Å²) >= 11 is 0. The highest BCUT2D eigenvalue weighted by atomic mass is 19.3. The Morgan fingerprint density at radius 1 is 1.10 bits per heavy atom. The van der Waals surface area contributed by atoms with Gasteiger partial charge in [-0.15, -0.1) is 0 Å². The van der Waals surface area contributed by atoms with E-state index in [0.717, 1.165) is 0 Å². The van der Waals surface area contributed by atoms with Crippen molar-refractivity contribution >= 4 is 11.9 Å². The highest BCUT2D eigenvalue weighted by molar-refractivity contribution is 6.09. The first-order valence-corrected chi connectivity index (χ1v) is 8.55. The minimum atomic E-state index is -3.03. The summed E-state index contributed by atoms with van der Waals surface area (Å²) in [4.78, 5) is 12.7. The second kappa shape index (κ2) is 9.01. The molecular formula is C21H18F2N2O4. The van der Waals surface area contributed by atoms with Crippen LogP contribution in [0.3, 0.4) is 0 Å². The molecule has 0 aliphatic rings. The van der Waals surface area contributed by atoms with E-state index in [-0.39, 0.29) is 23.0 Å². The molecule has 1 heterocycles. The molecule has 0 N–H and O–H groups in total. The third-order valence-electron chi connectivity index (χ3n) is 4.04. The molecular weight excluding hydrogens is 382 g/mol. The Labute approximate surface area is 165 Å². The molecule has 0 atom stereocenters. The van der Waals surface area contributed by atoms with Gasteiger partial charge in [-0.05, 0) is 42.0 Å². The lowest BCUT2D eigenvalue weighted by atomic mass is 10.1. The van der Waals surface area contributed by atoms with Crippen LogP contribution in [0.2, 0.25) is 0 Å². The molecule has 0 fully saturated rings. The average Bonchev–Trinajstić information content (AvgIpc) is 3.26. The third kappa shape index (κ3) is 4.60. The van der Waals surface area contributed by atoms with Gasteiger partial charge in [0.1, 0.15) is 0 Å². The fourth-order valence-corrected chi connectivity index (χ4v) is 2.76. The zero-order chi connectivity index (χ0) is 20.8. The van der Waals surface area contributed by atoms with Crippen molar-refractivity contribution in [2.24, 2.45) is 0 Å². The van der Waals surface area contributed by atoms with Crippen LogP contribution >= 0.6 is 0 Å². The van der Waals surface area contributed by atoms with Gasteiger partial charge in [0.25, 0.3) is 0 Å². The molecule has 0 radical (unpaired) electrons. The number of benzene rings is 2. The highest BCUT2D eigenvalue weighted by Crippen LogP contribution is 2.39. The van der Waals surface area contributed by atoms with E-state index in [9.17, 15) is 13.6 Å². The van der Waals surface area contributed by atoms with Gasteiger partial charge < -0.3 is 14.2 Å². The first-order chi connectivity index (χ1) is 14.0. The number of carbonyl (C=O) groups is 1. The number of methoxy groups -OCH3 is 2. The fraction of sp³-hybridized carbons (Fsp3) is 0.143. The molecule has 29 heavy (non-hydrogen) atoms. The van der Waals surface area contributed by atoms with Crippen molar-refractivity contribution in [1.82, 2.24) is 9.78 Å². The third-order valence-corrected chi connectivity index (χ3v) is 4.04. The van der Waals surface area contributed by atoms with Gasteiger partial charge in [0.15, 0.2) is 17.3 Å². The Morgan fingerprint density at radius 3 is 2.38 bits per heavy atom. The number of halogens is 2. The van der Waals surface area contributed by atoms with Crippen LogP contribution in [-0.2, 0) is 0 Å². The number of carbonyl (C=O) groups excluding carboxylic acids is 1. The summed E-state index contributed by atoms with van der Waals surface area (Å²) in [6, 6.07) is 11.8. The van der Waals surface area contributed by atoms with E-state index in [0.29, 0.717) is 16.8 Å². The van der Waals surface area contributed by atoms with Crippen LogP contribution in [0.15, 0.2) is 60.9 Å². The topological polar surface area (TPSA) is 62.6 Å². The quantitative estimate of drug-likeness (QED) is 0.415. The number of hydrogen-bond donors (Lipinski definition) is 0. The first-order valence-electron chi connectivity index (χ1n) is 8.55. The van der Waals surface area contributed by atoms with Gasteiger partial charge >= 0.3 is 6.61 Å². The minimum absolute atomic E-state index is 0.0636. The van der Waals surface area contributed by atoms with E-state index in [4.69, 9.17) is 9.47 Å². The van der Waals surface area contributed by atoms with Crippen molar-refractivity contribution in [1.29, 1.82) is 0 Å². The van der Waals surface area contributed by atoms with Crippen molar-refractivity contribution < 1.29 is 27.8 Å². The molecule has 0 amide bonds. The Morgan fingerprint density at radius 2 is 1.79 bits per heavy atom. The minimum Gasteiger partial charge on any atom is -0.493 e. The number of nitrogens with zero attached hydrogens (tertiary/aromatic N) is 2. The van der Waals surface area contributed by atoms with Crippen LogP contribution < -0.4 is 14.2 Å². The van der Waals surface area contributed by atoms with Crippen molar-refractivity contribution in [3.8, 4) is 22.9 Å². The summed E-state index contributed by atoms with van der Waals surface area (Å²) in [5.41, 5.74) is 1.62. The van der Waals surface area contributed by atoms with Crippen LogP contribution in [0.1, 0.15) is 15.9 Å². The molecule has 6 nitrogen and oxygen atoms in total. The second-order valence-corrected chi connectivity index (χ2v) is 5.80. The number of aromatic nitrogens is 2. The molecule has 150 valence electrons. The van der Waals surface area contributed by atoms with Crippen LogP contribution in [0.5, 0.6) is 17.2 Å². The maximum atomic E-state index is 12.7. The molecule has 0 saturated heterocycles. The van der Waals surface area contributed by atoms with Crippen molar-refractivity contribution in [2.75, 3.05) is 14.2 Å². The molecule has 0 saturated carbocycles. The maximum absolute atomic E-state index is 12.7. The highest BCUT2D eigenvalue weighted by Gasteiger charge is 2.18. The van der Waals surface area contributed by atoms with Gasteiger partial charge in [-0.25, -0.2) is 4.68 Å². The van der Waals surface area contributed by atoms with Crippen molar-refractivity contribution in [3.63, 3.8) is 0 Å². The van der Waals surface area contributed by atoms with Crippen LogP contribution in [0.4, 0.5) is 8.78 Å². The van der Waals surface area contributed by atoms with Gasteiger partial charge in [-0.1, -0.05) is 18.2 Å². The average molecular weight is 400 g/mol. The van der Waals surface area contributed by atoms with Crippen molar-refractivity contribution in [3.05, 3.63) is 72.1 Å². The Kier molecular flexibility index (Phi) is 6.23. The molecule has 0 bridgehead atoms. The van der Waals surface area contributed by atoms with E-state index >= 15 is 0 Å². The van der Waals surface area contributed by atoms with Gasteiger partial charge in [0.2, 0.25) is 5.75 Å². The van der Waals surface area contributed by atoms with Gasteiger partial charge in [-0.2, -0.15) is 13.9 Å². The molecule has 8 heteroatoms. The molecule has 0 unspecified atom stereocenters. The number of allylic oxidation sites excluding steroid dienone is 1. The largest absolute Gasteiger partial charge is 0.493 e. The van der Waals surface area contributed by atoms with Crippen LogP contribution in [0.25, 0.3) is 11.8 Å². The number of alkyl halides is 2. The smallest absolute Gasteiger partial charge is 0.387 e. The fourth-order valence-electron chi connectivity index (χ4n) is 2.76. The predicted molar refractivity (Wildman–Crippen MR) is 103 cm³/mol.